The molecule has 0 nitrogen and oxygen atoms in total. The molecule has 0 N–H and O–H groups in total. The molecule has 1 atom stereocenters. The fraction of sp³-hybridized carbons (Fsp3) is 0.286. The Kier molecular flexibility index (Phi) is 4.95. The SMILES string of the molecule is CC(CC1C=CC=C1)c1ccccc1.[LiH]. The van der Waals surface area contributed by atoms with Gasteiger partial charge in [-0.3, -0.25) is 0 Å². The number of hydrogen-bond donors (Lipinski definition) is 0. The van der Waals surface area contributed by atoms with E-state index in [-0.39, 0.29) is 18.9 Å². The van der Waals surface area contributed by atoms with Crippen LogP contribution in [0.1, 0.15) is 24.8 Å². The first-order valence-electron chi connectivity index (χ1n) is 5.26. The second-order valence-corrected chi connectivity index (χ2v) is 3.98. The molecule has 0 saturated heterocycles. The molecule has 0 fully saturated rings. The van der Waals surface area contributed by atoms with Crippen LogP contribution in [0.3, 0.4) is 0 Å². The van der Waals surface area contributed by atoms with Crippen molar-refractivity contribution in [3.63, 3.8) is 0 Å². The Morgan fingerprint density at radius 3 is 2.27 bits per heavy atom. The van der Waals surface area contributed by atoms with E-state index in [2.05, 4.69) is 61.6 Å². The molecule has 1 unspecified atom stereocenters. The first kappa shape index (κ1) is 12.4. The van der Waals surface area contributed by atoms with E-state index in [1.165, 1.54) is 12.0 Å². The van der Waals surface area contributed by atoms with Gasteiger partial charge in [0.2, 0.25) is 0 Å². The van der Waals surface area contributed by atoms with E-state index >= 15 is 0 Å². The van der Waals surface area contributed by atoms with Gasteiger partial charge in [-0.05, 0) is 23.8 Å². The molecule has 1 aliphatic rings. The monoisotopic (exact) mass is 192 g/mol. The van der Waals surface area contributed by atoms with Gasteiger partial charge in [-0.15, -0.1) is 0 Å². The molecule has 1 aliphatic carbocycles. The molecule has 0 saturated carbocycles. The van der Waals surface area contributed by atoms with E-state index in [9.17, 15) is 0 Å². The van der Waals surface area contributed by atoms with Gasteiger partial charge in [-0.1, -0.05) is 61.6 Å². The fourth-order valence-electron chi connectivity index (χ4n) is 1.96. The Balaban J connectivity index is 0.00000112. The van der Waals surface area contributed by atoms with Crippen LogP contribution >= 0.6 is 0 Å². The zero-order chi connectivity index (χ0) is 9.80. The third-order valence-electron chi connectivity index (χ3n) is 2.82. The summed E-state index contributed by atoms with van der Waals surface area (Å²) in [5, 5.41) is 0. The summed E-state index contributed by atoms with van der Waals surface area (Å²) in [5.74, 6) is 1.29. The van der Waals surface area contributed by atoms with Crippen molar-refractivity contribution in [2.24, 2.45) is 5.92 Å². The number of allylic oxidation sites excluding steroid dienone is 4. The summed E-state index contributed by atoms with van der Waals surface area (Å²) < 4.78 is 0. The normalized spacial score (nSPS) is 16.3. The molecule has 0 aromatic heterocycles. The molecule has 0 aliphatic heterocycles. The zero-order valence-electron chi connectivity index (χ0n) is 8.56. The van der Waals surface area contributed by atoms with Crippen molar-refractivity contribution < 1.29 is 0 Å². The number of hydrogen-bond acceptors (Lipinski definition) is 0. The van der Waals surface area contributed by atoms with Crippen LogP contribution in [-0.2, 0) is 0 Å². The van der Waals surface area contributed by atoms with Crippen LogP contribution < -0.4 is 0 Å². The number of benzene rings is 1. The molecule has 15 heavy (non-hydrogen) atoms. The van der Waals surface area contributed by atoms with Gasteiger partial charge in [0.15, 0.2) is 0 Å². The molecule has 0 heterocycles. The molecule has 74 valence electrons. The molecule has 0 radical (unpaired) electrons. The van der Waals surface area contributed by atoms with Gasteiger partial charge in [-0.2, -0.15) is 0 Å². The summed E-state index contributed by atoms with van der Waals surface area (Å²) in [5.41, 5.74) is 1.45. The van der Waals surface area contributed by atoms with E-state index in [1.807, 2.05) is 0 Å². The van der Waals surface area contributed by atoms with Gasteiger partial charge < -0.3 is 0 Å². The van der Waals surface area contributed by atoms with Crippen LogP contribution in [0.25, 0.3) is 0 Å². The number of rotatable bonds is 3. The quantitative estimate of drug-likeness (QED) is 0.645. The molecule has 1 aromatic carbocycles. The Morgan fingerprint density at radius 2 is 1.67 bits per heavy atom. The van der Waals surface area contributed by atoms with Crippen molar-refractivity contribution in [2.75, 3.05) is 0 Å². The maximum atomic E-state index is 2.30. The average molecular weight is 192 g/mol. The van der Waals surface area contributed by atoms with Gasteiger partial charge >= 0.3 is 18.9 Å². The predicted molar refractivity (Wildman–Crippen MR) is 68.4 cm³/mol. The standard InChI is InChI=1S/C14H16.Li.H/c1-12(11-13-7-5-6-8-13)14-9-3-2-4-10-14;;/h2-10,12-13H,11H2,1H3;;. The molecule has 1 aromatic rings. The summed E-state index contributed by atoms with van der Waals surface area (Å²) in [6, 6.07) is 10.7. The Labute approximate surface area is 104 Å². The van der Waals surface area contributed by atoms with Gasteiger partial charge in [0.05, 0.1) is 0 Å². The van der Waals surface area contributed by atoms with Crippen LogP contribution in [0.5, 0.6) is 0 Å². The molecule has 0 bridgehead atoms. The van der Waals surface area contributed by atoms with E-state index in [0.717, 1.165) is 0 Å². The van der Waals surface area contributed by atoms with Gasteiger partial charge in [0.25, 0.3) is 0 Å². The Hall–Kier alpha value is -0.703. The first-order chi connectivity index (χ1) is 6.86. The molecule has 0 amide bonds. The molecule has 1 heteroatoms. The van der Waals surface area contributed by atoms with E-state index in [4.69, 9.17) is 0 Å². The van der Waals surface area contributed by atoms with E-state index in [1.54, 1.807) is 0 Å². The van der Waals surface area contributed by atoms with Crippen LogP contribution in [0, 0.1) is 5.92 Å². The summed E-state index contributed by atoms with van der Waals surface area (Å²) in [6.45, 7) is 2.30. The molecular weight excluding hydrogens is 175 g/mol. The second-order valence-electron chi connectivity index (χ2n) is 3.98. The minimum atomic E-state index is 0. The minimum absolute atomic E-state index is 0. The average Bonchev–Trinajstić information content (AvgIpc) is 2.72. The van der Waals surface area contributed by atoms with Gasteiger partial charge in [0, 0.05) is 0 Å². The second kappa shape index (κ2) is 6.01. The van der Waals surface area contributed by atoms with Crippen molar-refractivity contribution in [3.8, 4) is 0 Å². The summed E-state index contributed by atoms with van der Waals surface area (Å²) in [6.07, 6.45) is 10.1. The maximum absolute atomic E-state index is 2.30. The van der Waals surface area contributed by atoms with E-state index in [0.29, 0.717) is 11.8 Å². The zero-order valence-corrected chi connectivity index (χ0v) is 8.56. The molecule has 0 spiro atoms. The molecule has 2 rings (SSSR count). The fourth-order valence-corrected chi connectivity index (χ4v) is 1.96. The van der Waals surface area contributed by atoms with E-state index < -0.39 is 0 Å². The van der Waals surface area contributed by atoms with Crippen LogP contribution in [-0.4, -0.2) is 18.9 Å². The Bertz CT molecular complexity index is 326. The Morgan fingerprint density at radius 1 is 1.07 bits per heavy atom. The van der Waals surface area contributed by atoms with Crippen molar-refractivity contribution in [3.05, 3.63) is 60.2 Å². The van der Waals surface area contributed by atoms with Crippen LogP contribution in [0.15, 0.2) is 54.6 Å². The van der Waals surface area contributed by atoms with Crippen molar-refractivity contribution >= 4 is 18.9 Å². The van der Waals surface area contributed by atoms with Crippen molar-refractivity contribution in [2.45, 2.75) is 19.3 Å². The predicted octanol–water partition coefficient (Wildman–Crippen LogP) is 3.27. The third kappa shape index (κ3) is 3.41. The third-order valence-corrected chi connectivity index (χ3v) is 2.82. The summed E-state index contributed by atoms with van der Waals surface area (Å²) in [4.78, 5) is 0. The topological polar surface area (TPSA) is 0 Å². The molecular formula is C14H17Li. The van der Waals surface area contributed by atoms with Crippen molar-refractivity contribution in [1.29, 1.82) is 0 Å². The summed E-state index contributed by atoms with van der Waals surface area (Å²) >= 11 is 0. The van der Waals surface area contributed by atoms with Gasteiger partial charge in [-0.25, -0.2) is 0 Å². The van der Waals surface area contributed by atoms with Crippen LogP contribution in [0.2, 0.25) is 0 Å². The van der Waals surface area contributed by atoms with Crippen molar-refractivity contribution in [1.82, 2.24) is 0 Å². The first-order valence-corrected chi connectivity index (χ1v) is 5.26. The van der Waals surface area contributed by atoms with Gasteiger partial charge in [0.1, 0.15) is 0 Å². The summed E-state index contributed by atoms with van der Waals surface area (Å²) in [7, 11) is 0. The van der Waals surface area contributed by atoms with Crippen LogP contribution in [0.4, 0.5) is 0 Å².